The predicted octanol–water partition coefficient (Wildman–Crippen LogP) is 2.36. The minimum Gasteiger partial charge on any atom is -0.338 e. The maximum atomic E-state index is 12.4. The van der Waals surface area contributed by atoms with Crippen LogP contribution in [0, 0.1) is 5.92 Å². The Morgan fingerprint density at radius 3 is 2.63 bits per heavy atom. The molecule has 19 heavy (non-hydrogen) atoms. The molecule has 106 valence electrons. The van der Waals surface area contributed by atoms with Gasteiger partial charge in [0.25, 0.3) is 0 Å². The van der Waals surface area contributed by atoms with Gasteiger partial charge in [-0.15, -0.1) is 0 Å². The van der Waals surface area contributed by atoms with Crippen molar-refractivity contribution >= 4 is 17.7 Å². The summed E-state index contributed by atoms with van der Waals surface area (Å²) in [6, 6.07) is 10.1. The first kappa shape index (κ1) is 16.1. The molecule has 2 N–H and O–H groups in total. The van der Waals surface area contributed by atoms with E-state index in [0.717, 1.165) is 18.7 Å². The molecule has 1 rings (SSSR count). The third-order valence-corrected chi connectivity index (χ3v) is 3.83. The van der Waals surface area contributed by atoms with Gasteiger partial charge in [0.1, 0.15) is 0 Å². The smallest absolute Gasteiger partial charge is 0.226 e. The van der Waals surface area contributed by atoms with E-state index in [1.165, 1.54) is 5.56 Å². The summed E-state index contributed by atoms with van der Waals surface area (Å²) < 4.78 is 0. The fourth-order valence-electron chi connectivity index (χ4n) is 1.99. The van der Waals surface area contributed by atoms with Gasteiger partial charge in [0.15, 0.2) is 0 Å². The van der Waals surface area contributed by atoms with Crippen molar-refractivity contribution in [1.29, 1.82) is 0 Å². The molecule has 1 amide bonds. The van der Waals surface area contributed by atoms with E-state index in [0.29, 0.717) is 13.1 Å². The van der Waals surface area contributed by atoms with Gasteiger partial charge < -0.3 is 10.6 Å². The number of benzene rings is 1. The highest BCUT2D eigenvalue weighted by atomic mass is 32.2. The highest BCUT2D eigenvalue weighted by Gasteiger charge is 2.19. The molecule has 0 saturated heterocycles. The quantitative estimate of drug-likeness (QED) is 0.795. The molecule has 1 atom stereocenters. The Morgan fingerprint density at radius 1 is 1.37 bits per heavy atom. The minimum absolute atomic E-state index is 0.0662. The molecule has 3 nitrogen and oxygen atoms in total. The highest BCUT2D eigenvalue weighted by Crippen LogP contribution is 2.12. The number of rotatable bonds is 8. The maximum absolute atomic E-state index is 12.4. The van der Waals surface area contributed by atoms with Crippen LogP contribution in [0.3, 0.4) is 0 Å². The minimum atomic E-state index is 0.0662. The second kappa shape index (κ2) is 8.99. The molecule has 0 bridgehead atoms. The van der Waals surface area contributed by atoms with Crippen LogP contribution in [0.15, 0.2) is 30.3 Å². The second-order valence-corrected chi connectivity index (χ2v) is 5.65. The fourth-order valence-corrected chi connectivity index (χ4v) is 2.63. The molecule has 1 aromatic carbocycles. The summed E-state index contributed by atoms with van der Waals surface area (Å²) >= 11 is 1.71. The number of nitrogens with zero attached hydrogens (tertiary/aromatic N) is 1. The van der Waals surface area contributed by atoms with E-state index in [-0.39, 0.29) is 11.8 Å². The van der Waals surface area contributed by atoms with Crippen molar-refractivity contribution in [3.63, 3.8) is 0 Å². The second-order valence-electron chi connectivity index (χ2n) is 4.74. The first-order chi connectivity index (χ1) is 9.19. The van der Waals surface area contributed by atoms with E-state index in [2.05, 4.69) is 12.1 Å². The maximum Gasteiger partial charge on any atom is 0.226 e. The largest absolute Gasteiger partial charge is 0.338 e. The van der Waals surface area contributed by atoms with Gasteiger partial charge in [-0.2, -0.15) is 11.8 Å². The van der Waals surface area contributed by atoms with Gasteiger partial charge in [-0.05, 0) is 24.8 Å². The first-order valence-corrected chi connectivity index (χ1v) is 8.10. The van der Waals surface area contributed by atoms with Gasteiger partial charge in [0, 0.05) is 24.8 Å². The van der Waals surface area contributed by atoms with Crippen molar-refractivity contribution in [2.24, 2.45) is 11.7 Å². The van der Waals surface area contributed by atoms with Crippen LogP contribution in [0.2, 0.25) is 0 Å². The summed E-state index contributed by atoms with van der Waals surface area (Å²) in [4.78, 5) is 14.3. The molecule has 0 aromatic heterocycles. The van der Waals surface area contributed by atoms with Crippen LogP contribution >= 0.6 is 11.8 Å². The topological polar surface area (TPSA) is 46.3 Å². The third kappa shape index (κ3) is 5.66. The standard InChI is InChI=1S/C15H24N2OS/c1-13(12-19-2)15(18)17(10-6-9-16)11-14-7-4-3-5-8-14/h3-5,7-8,13H,6,9-12,16H2,1-2H3. The lowest BCUT2D eigenvalue weighted by molar-refractivity contribution is -0.135. The number of nitrogens with two attached hydrogens (primary N) is 1. The monoisotopic (exact) mass is 280 g/mol. The lowest BCUT2D eigenvalue weighted by Gasteiger charge is -2.25. The van der Waals surface area contributed by atoms with Gasteiger partial charge >= 0.3 is 0 Å². The number of amides is 1. The van der Waals surface area contributed by atoms with Crippen LogP contribution < -0.4 is 5.73 Å². The van der Waals surface area contributed by atoms with E-state index < -0.39 is 0 Å². The molecule has 0 fully saturated rings. The van der Waals surface area contributed by atoms with Crippen molar-refractivity contribution in [2.45, 2.75) is 19.9 Å². The summed E-state index contributed by atoms with van der Waals surface area (Å²) in [5.41, 5.74) is 6.73. The number of carbonyl (C=O) groups excluding carboxylic acids is 1. The van der Waals surface area contributed by atoms with Gasteiger partial charge in [0.05, 0.1) is 0 Å². The Bertz CT molecular complexity index is 370. The van der Waals surface area contributed by atoms with E-state index in [1.807, 2.05) is 36.3 Å². The molecule has 1 aromatic rings. The summed E-state index contributed by atoms with van der Waals surface area (Å²) in [6.45, 7) is 4.04. The highest BCUT2D eigenvalue weighted by molar-refractivity contribution is 7.98. The summed E-state index contributed by atoms with van der Waals surface area (Å²) in [5.74, 6) is 1.16. The Balaban J connectivity index is 2.68. The lowest BCUT2D eigenvalue weighted by Crippen LogP contribution is -2.37. The molecule has 0 saturated carbocycles. The van der Waals surface area contributed by atoms with Crippen LogP contribution in [0.5, 0.6) is 0 Å². The molecular formula is C15H24N2OS. The fraction of sp³-hybridized carbons (Fsp3) is 0.533. The average Bonchev–Trinajstić information content (AvgIpc) is 2.44. The van der Waals surface area contributed by atoms with Gasteiger partial charge in [-0.1, -0.05) is 37.3 Å². The summed E-state index contributed by atoms with van der Waals surface area (Å²) in [6.07, 6.45) is 2.88. The van der Waals surface area contributed by atoms with Crippen molar-refractivity contribution in [1.82, 2.24) is 4.90 Å². The number of hydrogen-bond donors (Lipinski definition) is 1. The van der Waals surface area contributed by atoms with E-state index >= 15 is 0 Å². The predicted molar refractivity (Wildman–Crippen MR) is 83.1 cm³/mol. The van der Waals surface area contributed by atoms with Gasteiger partial charge in [0.2, 0.25) is 5.91 Å². The summed E-state index contributed by atoms with van der Waals surface area (Å²) in [7, 11) is 0. The number of thioether (sulfide) groups is 1. The summed E-state index contributed by atoms with van der Waals surface area (Å²) in [5, 5.41) is 0. The zero-order valence-electron chi connectivity index (χ0n) is 11.8. The molecule has 0 aliphatic heterocycles. The Hall–Kier alpha value is -1.00. The lowest BCUT2D eigenvalue weighted by atomic mass is 10.1. The van der Waals surface area contributed by atoms with E-state index in [4.69, 9.17) is 5.73 Å². The molecule has 1 unspecified atom stereocenters. The van der Waals surface area contributed by atoms with Crippen molar-refractivity contribution in [3.05, 3.63) is 35.9 Å². The van der Waals surface area contributed by atoms with E-state index in [1.54, 1.807) is 11.8 Å². The zero-order valence-corrected chi connectivity index (χ0v) is 12.7. The van der Waals surface area contributed by atoms with Crippen molar-refractivity contribution in [2.75, 3.05) is 25.1 Å². The number of hydrogen-bond acceptors (Lipinski definition) is 3. The molecule has 0 spiro atoms. The van der Waals surface area contributed by atoms with Crippen LogP contribution in [0.4, 0.5) is 0 Å². The number of carbonyl (C=O) groups is 1. The third-order valence-electron chi connectivity index (χ3n) is 3.00. The van der Waals surface area contributed by atoms with Crippen molar-refractivity contribution < 1.29 is 4.79 Å². The molecule has 0 aliphatic rings. The normalized spacial score (nSPS) is 12.2. The SMILES string of the molecule is CSCC(C)C(=O)N(CCCN)Cc1ccccc1. The molecule has 0 heterocycles. The van der Waals surface area contributed by atoms with Crippen LogP contribution in [-0.2, 0) is 11.3 Å². The average molecular weight is 280 g/mol. The molecule has 0 aliphatic carbocycles. The van der Waals surface area contributed by atoms with Crippen molar-refractivity contribution in [3.8, 4) is 0 Å². The van der Waals surface area contributed by atoms with Gasteiger partial charge in [-0.25, -0.2) is 0 Å². The molecule has 4 heteroatoms. The van der Waals surface area contributed by atoms with Crippen LogP contribution in [0.1, 0.15) is 18.9 Å². The zero-order chi connectivity index (χ0) is 14.1. The Kier molecular flexibility index (Phi) is 7.60. The Morgan fingerprint density at radius 2 is 2.05 bits per heavy atom. The molecule has 0 radical (unpaired) electrons. The molecular weight excluding hydrogens is 256 g/mol. The van der Waals surface area contributed by atoms with E-state index in [9.17, 15) is 4.79 Å². The Labute approximate surface area is 120 Å². The van der Waals surface area contributed by atoms with Crippen LogP contribution in [-0.4, -0.2) is 35.9 Å². The van der Waals surface area contributed by atoms with Gasteiger partial charge in [-0.3, -0.25) is 4.79 Å². The van der Waals surface area contributed by atoms with Crippen LogP contribution in [0.25, 0.3) is 0 Å². The first-order valence-electron chi connectivity index (χ1n) is 6.70.